The zero-order chi connectivity index (χ0) is 19.4. The summed E-state index contributed by atoms with van der Waals surface area (Å²) in [5.41, 5.74) is 2.38. The summed E-state index contributed by atoms with van der Waals surface area (Å²) in [4.78, 5) is 15.5. The van der Waals surface area contributed by atoms with Crippen molar-refractivity contribution < 1.29 is 9.53 Å². The van der Waals surface area contributed by atoms with Gasteiger partial charge in [-0.1, -0.05) is 79.6 Å². The topological polar surface area (TPSA) is 41.6 Å². The molecule has 0 radical (unpaired) electrons. The minimum Gasteiger partial charge on any atom is -0.465 e. The summed E-state index contributed by atoms with van der Waals surface area (Å²) in [7, 11) is 0. The number of carbonyl (C=O) groups is 1. The van der Waals surface area contributed by atoms with E-state index >= 15 is 0 Å². The Morgan fingerprint density at radius 1 is 0.897 bits per heavy atom. The minimum absolute atomic E-state index is 0.00679. The molecule has 0 spiro atoms. The zero-order valence-electron chi connectivity index (χ0n) is 16.3. The van der Waals surface area contributed by atoms with E-state index in [1.54, 1.807) is 0 Å². The van der Waals surface area contributed by atoms with Crippen molar-refractivity contribution in [1.82, 2.24) is 10.2 Å². The third-order valence-corrected chi connectivity index (χ3v) is 6.78. The van der Waals surface area contributed by atoms with Crippen LogP contribution in [0.25, 0.3) is 10.8 Å². The lowest BCUT2D eigenvalue weighted by Gasteiger charge is -2.53. The number of benzene rings is 3. The number of ether oxygens (including phenoxy) is 1. The average Bonchev–Trinajstić information content (AvgIpc) is 2.78. The predicted molar refractivity (Wildman–Crippen MR) is 113 cm³/mol. The van der Waals surface area contributed by atoms with Crippen LogP contribution in [0.15, 0.2) is 66.7 Å². The van der Waals surface area contributed by atoms with Gasteiger partial charge < -0.3 is 10.1 Å². The van der Waals surface area contributed by atoms with Crippen LogP contribution in [-0.2, 0) is 4.79 Å². The monoisotopic (exact) mass is 384 g/mol. The molecule has 6 rings (SSSR count). The van der Waals surface area contributed by atoms with Crippen LogP contribution in [0.2, 0.25) is 0 Å². The molecule has 0 aromatic heterocycles. The van der Waals surface area contributed by atoms with Gasteiger partial charge in [-0.2, -0.15) is 0 Å². The molecule has 3 aliphatic rings. The van der Waals surface area contributed by atoms with Crippen LogP contribution in [0.1, 0.15) is 42.9 Å². The molecule has 0 unspecified atom stereocenters. The molecule has 3 aromatic rings. The maximum Gasteiger partial charge on any atom is 0.277 e. The molecule has 0 bridgehead atoms. The lowest BCUT2D eigenvalue weighted by molar-refractivity contribution is -0.156. The van der Waals surface area contributed by atoms with Crippen molar-refractivity contribution in [2.45, 2.75) is 50.0 Å². The highest BCUT2D eigenvalue weighted by atomic mass is 16.5. The van der Waals surface area contributed by atoms with Gasteiger partial charge in [0.15, 0.2) is 0 Å². The van der Waals surface area contributed by atoms with Crippen LogP contribution < -0.4 is 10.1 Å². The van der Waals surface area contributed by atoms with Gasteiger partial charge in [0.2, 0.25) is 6.23 Å². The van der Waals surface area contributed by atoms with E-state index in [1.807, 2.05) is 18.2 Å². The fraction of sp³-hybridized carbons (Fsp3) is 0.320. The minimum atomic E-state index is -0.585. The lowest BCUT2D eigenvalue weighted by Crippen LogP contribution is -2.69. The van der Waals surface area contributed by atoms with Crippen molar-refractivity contribution in [2.24, 2.45) is 0 Å². The number of nitrogens with zero attached hydrogens (tertiary/aromatic N) is 1. The number of amides is 1. The second-order valence-corrected chi connectivity index (χ2v) is 8.40. The summed E-state index contributed by atoms with van der Waals surface area (Å²) in [6.07, 6.45) is 3.94. The Bertz CT molecular complexity index is 1080. The van der Waals surface area contributed by atoms with E-state index in [-0.39, 0.29) is 18.0 Å². The number of fused-ring (bicyclic) bond motifs is 6. The van der Waals surface area contributed by atoms with Gasteiger partial charge >= 0.3 is 0 Å². The maximum atomic E-state index is 13.1. The first-order valence-corrected chi connectivity index (χ1v) is 10.6. The van der Waals surface area contributed by atoms with E-state index in [4.69, 9.17) is 4.74 Å². The molecule has 29 heavy (non-hydrogen) atoms. The first-order valence-electron chi connectivity index (χ1n) is 10.6. The van der Waals surface area contributed by atoms with E-state index < -0.39 is 6.23 Å². The third kappa shape index (κ3) is 2.59. The van der Waals surface area contributed by atoms with E-state index in [2.05, 4.69) is 58.7 Å². The molecule has 1 saturated heterocycles. The quantitative estimate of drug-likeness (QED) is 0.677. The molecule has 1 saturated carbocycles. The average molecular weight is 384 g/mol. The summed E-state index contributed by atoms with van der Waals surface area (Å²) >= 11 is 0. The van der Waals surface area contributed by atoms with Gasteiger partial charge in [-0.25, -0.2) is 4.90 Å². The number of carbonyl (C=O) groups excluding carboxylic acids is 1. The van der Waals surface area contributed by atoms with E-state index in [0.29, 0.717) is 6.04 Å². The van der Waals surface area contributed by atoms with Gasteiger partial charge in [-0.15, -0.1) is 0 Å². The summed E-state index contributed by atoms with van der Waals surface area (Å²) in [5, 5.41) is 5.47. The first kappa shape index (κ1) is 17.0. The first-order chi connectivity index (χ1) is 14.3. The highest BCUT2D eigenvalue weighted by Gasteiger charge is 2.51. The number of rotatable bonds is 1. The standard InChI is InChI=1S/C25H24N2O2/c28-24-25-27(21-13-7-6-12-20(21)26-24)22(17-9-2-1-3-10-17)19-15-14-16-8-4-5-11-18(16)23(19)29-25/h1-5,8-11,14-15,20-22,25H,6-7,12-13H2,(H,26,28)/t20-,21-,22+,25+/m0/s1. The Labute approximate surface area is 170 Å². The summed E-state index contributed by atoms with van der Waals surface area (Å²) in [6.45, 7) is 0. The maximum absolute atomic E-state index is 13.1. The Balaban J connectivity index is 1.59. The van der Waals surface area contributed by atoms with E-state index in [0.717, 1.165) is 34.9 Å². The molecular weight excluding hydrogens is 360 g/mol. The fourth-order valence-electron chi connectivity index (χ4n) is 5.51. The highest BCUT2D eigenvalue weighted by Crippen LogP contribution is 2.47. The predicted octanol–water partition coefficient (Wildman–Crippen LogP) is 4.39. The summed E-state index contributed by atoms with van der Waals surface area (Å²) in [6, 6.07) is 23.7. The van der Waals surface area contributed by atoms with Gasteiger partial charge in [-0.05, 0) is 23.8 Å². The van der Waals surface area contributed by atoms with Gasteiger partial charge in [-0.3, -0.25) is 4.79 Å². The van der Waals surface area contributed by atoms with Crippen LogP contribution in [0.4, 0.5) is 0 Å². The van der Waals surface area contributed by atoms with Crippen LogP contribution in [-0.4, -0.2) is 29.1 Å². The molecule has 2 fully saturated rings. The van der Waals surface area contributed by atoms with Gasteiger partial charge in [0.05, 0.1) is 6.04 Å². The van der Waals surface area contributed by atoms with Crippen molar-refractivity contribution in [1.29, 1.82) is 0 Å². The van der Waals surface area contributed by atoms with Crippen molar-refractivity contribution in [3.8, 4) is 5.75 Å². The normalized spacial score (nSPS) is 28.6. The molecular formula is C25H24N2O2. The summed E-state index contributed by atoms with van der Waals surface area (Å²) < 4.78 is 6.48. The van der Waals surface area contributed by atoms with Crippen molar-refractivity contribution >= 4 is 16.7 Å². The van der Waals surface area contributed by atoms with Crippen molar-refractivity contribution in [2.75, 3.05) is 0 Å². The smallest absolute Gasteiger partial charge is 0.277 e. The lowest BCUT2D eigenvalue weighted by atomic mass is 9.82. The third-order valence-electron chi connectivity index (χ3n) is 6.78. The highest BCUT2D eigenvalue weighted by molar-refractivity contribution is 5.91. The number of hydrogen-bond acceptors (Lipinski definition) is 3. The molecule has 2 heterocycles. The molecule has 146 valence electrons. The van der Waals surface area contributed by atoms with Gasteiger partial charge in [0.25, 0.3) is 5.91 Å². The Morgan fingerprint density at radius 3 is 2.59 bits per heavy atom. The largest absolute Gasteiger partial charge is 0.465 e. The Hall–Kier alpha value is -2.85. The molecule has 4 atom stereocenters. The number of hydrogen-bond donors (Lipinski definition) is 1. The molecule has 2 aliphatic heterocycles. The van der Waals surface area contributed by atoms with Crippen LogP contribution in [0.5, 0.6) is 5.75 Å². The number of piperazine rings is 1. The fourth-order valence-corrected chi connectivity index (χ4v) is 5.51. The Kier molecular flexibility index (Phi) is 3.88. The molecule has 1 amide bonds. The van der Waals surface area contributed by atoms with Crippen LogP contribution in [0, 0.1) is 0 Å². The molecule has 1 aliphatic carbocycles. The molecule has 1 N–H and O–H groups in total. The molecule has 4 nitrogen and oxygen atoms in total. The van der Waals surface area contributed by atoms with Gasteiger partial charge in [0.1, 0.15) is 5.75 Å². The molecule has 3 aromatic carbocycles. The van der Waals surface area contributed by atoms with Crippen LogP contribution in [0.3, 0.4) is 0 Å². The van der Waals surface area contributed by atoms with Crippen LogP contribution >= 0.6 is 0 Å². The summed E-state index contributed by atoms with van der Waals surface area (Å²) in [5.74, 6) is 0.843. The second-order valence-electron chi connectivity index (χ2n) is 8.40. The second kappa shape index (κ2) is 6.60. The van der Waals surface area contributed by atoms with E-state index in [9.17, 15) is 4.79 Å². The Morgan fingerprint density at radius 2 is 1.69 bits per heavy atom. The van der Waals surface area contributed by atoms with E-state index in [1.165, 1.54) is 18.4 Å². The zero-order valence-corrected chi connectivity index (χ0v) is 16.3. The number of nitrogens with one attached hydrogen (secondary N) is 1. The van der Waals surface area contributed by atoms with Crippen molar-refractivity contribution in [3.63, 3.8) is 0 Å². The SMILES string of the molecule is O=C1N[C@H]2CCCC[C@@H]2N2[C@H](c3ccccc3)c3ccc4ccccc4c3O[C@H]12. The van der Waals surface area contributed by atoms with Gasteiger partial charge in [0, 0.05) is 23.0 Å². The van der Waals surface area contributed by atoms with Crippen molar-refractivity contribution in [3.05, 3.63) is 77.9 Å². The molecule has 4 heteroatoms.